The summed E-state index contributed by atoms with van der Waals surface area (Å²) in [5.41, 5.74) is -0.0609. The minimum absolute atomic E-state index is 0.0609. The summed E-state index contributed by atoms with van der Waals surface area (Å²) in [7, 11) is 0. The summed E-state index contributed by atoms with van der Waals surface area (Å²) in [4.78, 5) is 0. The number of rotatable bonds is 2. The maximum Gasteiger partial charge on any atom is 0.121 e. The molecule has 0 amide bonds. The molecule has 0 aromatic heterocycles. The molecule has 1 spiro atoms. The Hall–Kier alpha value is -0.120. The van der Waals surface area contributed by atoms with Crippen LogP contribution in [-0.4, -0.2) is 31.6 Å². The molecule has 88 valence electrons. The highest BCUT2D eigenvalue weighted by atomic mass is 16.5. The van der Waals surface area contributed by atoms with Crippen molar-refractivity contribution in [2.24, 2.45) is 0 Å². The molecular weight excluding hydrogens is 190 g/mol. The van der Waals surface area contributed by atoms with Crippen molar-refractivity contribution in [2.45, 2.75) is 57.3 Å². The van der Waals surface area contributed by atoms with E-state index in [-0.39, 0.29) is 5.72 Å². The average molecular weight is 213 g/mol. The van der Waals surface area contributed by atoms with Gasteiger partial charge in [-0.1, -0.05) is 13.3 Å². The SMILES string of the molecule is CCCC1CCNC2(CCCOCC2)O1. The summed E-state index contributed by atoms with van der Waals surface area (Å²) >= 11 is 0. The van der Waals surface area contributed by atoms with Crippen molar-refractivity contribution in [1.29, 1.82) is 0 Å². The van der Waals surface area contributed by atoms with Crippen molar-refractivity contribution < 1.29 is 9.47 Å². The van der Waals surface area contributed by atoms with Crippen molar-refractivity contribution in [3.63, 3.8) is 0 Å². The van der Waals surface area contributed by atoms with Crippen LogP contribution in [-0.2, 0) is 9.47 Å². The number of ether oxygens (including phenoxy) is 2. The molecule has 0 aromatic carbocycles. The second-order valence-electron chi connectivity index (χ2n) is 4.70. The number of hydrogen-bond donors (Lipinski definition) is 1. The molecule has 2 aliphatic rings. The molecule has 3 heteroatoms. The molecule has 0 saturated carbocycles. The lowest BCUT2D eigenvalue weighted by Crippen LogP contribution is -2.54. The molecule has 3 nitrogen and oxygen atoms in total. The quantitative estimate of drug-likeness (QED) is 0.761. The van der Waals surface area contributed by atoms with Gasteiger partial charge in [-0.15, -0.1) is 0 Å². The zero-order valence-corrected chi connectivity index (χ0v) is 9.76. The smallest absolute Gasteiger partial charge is 0.121 e. The highest BCUT2D eigenvalue weighted by Gasteiger charge is 2.36. The van der Waals surface area contributed by atoms with Crippen molar-refractivity contribution >= 4 is 0 Å². The normalized spacial score (nSPS) is 37.8. The van der Waals surface area contributed by atoms with Crippen LogP contribution in [0.2, 0.25) is 0 Å². The molecule has 2 saturated heterocycles. The van der Waals surface area contributed by atoms with Crippen molar-refractivity contribution in [3.8, 4) is 0 Å². The molecule has 2 atom stereocenters. The van der Waals surface area contributed by atoms with E-state index in [9.17, 15) is 0 Å². The molecule has 1 N–H and O–H groups in total. The summed E-state index contributed by atoms with van der Waals surface area (Å²) < 4.78 is 11.7. The maximum absolute atomic E-state index is 6.24. The van der Waals surface area contributed by atoms with Crippen LogP contribution in [0.1, 0.15) is 45.4 Å². The van der Waals surface area contributed by atoms with E-state index in [1.165, 1.54) is 12.8 Å². The van der Waals surface area contributed by atoms with Gasteiger partial charge in [-0.2, -0.15) is 0 Å². The van der Waals surface area contributed by atoms with Gasteiger partial charge in [0.2, 0.25) is 0 Å². The van der Waals surface area contributed by atoms with Gasteiger partial charge in [0.05, 0.1) is 12.7 Å². The molecule has 0 aromatic rings. The molecule has 15 heavy (non-hydrogen) atoms. The molecule has 0 radical (unpaired) electrons. The zero-order valence-electron chi connectivity index (χ0n) is 9.76. The molecule has 0 aliphatic carbocycles. The number of nitrogens with one attached hydrogen (secondary N) is 1. The van der Waals surface area contributed by atoms with Crippen LogP contribution >= 0.6 is 0 Å². The minimum Gasteiger partial charge on any atom is -0.381 e. The summed E-state index contributed by atoms with van der Waals surface area (Å²) in [6.07, 6.45) is 7.28. The summed E-state index contributed by atoms with van der Waals surface area (Å²) in [6.45, 7) is 5.07. The topological polar surface area (TPSA) is 30.5 Å². The molecular formula is C12H23NO2. The second-order valence-corrected chi connectivity index (χ2v) is 4.70. The number of hydrogen-bond acceptors (Lipinski definition) is 3. The highest BCUT2D eigenvalue weighted by molar-refractivity contribution is 4.85. The Labute approximate surface area is 92.5 Å². The van der Waals surface area contributed by atoms with Gasteiger partial charge >= 0.3 is 0 Å². The molecule has 0 bridgehead atoms. The first-order valence-corrected chi connectivity index (χ1v) is 6.35. The van der Waals surface area contributed by atoms with Gasteiger partial charge < -0.3 is 9.47 Å². The van der Waals surface area contributed by atoms with E-state index in [2.05, 4.69) is 12.2 Å². The lowest BCUT2D eigenvalue weighted by molar-refractivity contribution is -0.152. The van der Waals surface area contributed by atoms with E-state index in [0.717, 1.165) is 45.4 Å². The van der Waals surface area contributed by atoms with E-state index >= 15 is 0 Å². The average Bonchev–Trinajstić information content (AvgIpc) is 2.45. The molecule has 2 unspecified atom stereocenters. The molecule has 2 rings (SSSR count). The second kappa shape index (κ2) is 5.28. The first-order valence-electron chi connectivity index (χ1n) is 6.35. The summed E-state index contributed by atoms with van der Waals surface area (Å²) in [5, 5.41) is 3.56. The Bertz CT molecular complexity index is 186. The Morgan fingerprint density at radius 3 is 3.13 bits per heavy atom. The fourth-order valence-corrected chi connectivity index (χ4v) is 2.62. The molecule has 2 fully saturated rings. The van der Waals surface area contributed by atoms with E-state index in [4.69, 9.17) is 9.47 Å². The van der Waals surface area contributed by atoms with Gasteiger partial charge in [0.15, 0.2) is 0 Å². The standard InChI is InChI=1S/C12H23NO2/c1-2-4-11-5-8-13-12(15-11)6-3-9-14-10-7-12/h11,13H,2-10H2,1H3. The van der Waals surface area contributed by atoms with Crippen molar-refractivity contribution in [3.05, 3.63) is 0 Å². The third-order valence-corrected chi connectivity index (χ3v) is 3.44. The first-order chi connectivity index (χ1) is 7.35. The third kappa shape index (κ3) is 2.92. The van der Waals surface area contributed by atoms with Gasteiger partial charge in [-0.3, -0.25) is 5.32 Å². The predicted molar refractivity (Wildman–Crippen MR) is 59.8 cm³/mol. The van der Waals surface area contributed by atoms with E-state index in [0.29, 0.717) is 6.10 Å². The van der Waals surface area contributed by atoms with Crippen LogP contribution in [0.25, 0.3) is 0 Å². The molecule has 2 aliphatic heterocycles. The summed E-state index contributed by atoms with van der Waals surface area (Å²) in [5.74, 6) is 0. The van der Waals surface area contributed by atoms with Gasteiger partial charge in [0, 0.05) is 19.6 Å². The molecule has 2 heterocycles. The largest absolute Gasteiger partial charge is 0.381 e. The van der Waals surface area contributed by atoms with Crippen LogP contribution < -0.4 is 5.32 Å². The van der Waals surface area contributed by atoms with Gasteiger partial charge in [-0.25, -0.2) is 0 Å². The predicted octanol–water partition coefficient (Wildman–Crippen LogP) is 2.06. The minimum atomic E-state index is -0.0609. The van der Waals surface area contributed by atoms with Crippen molar-refractivity contribution in [1.82, 2.24) is 5.32 Å². The Morgan fingerprint density at radius 2 is 2.27 bits per heavy atom. The lowest BCUT2D eigenvalue weighted by Gasteiger charge is -2.41. The maximum atomic E-state index is 6.24. The van der Waals surface area contributed by atoms with E-state index in [1.807, 2.05) is 0 Å². The Kier molecular flexibility index (Phi) is 4.00. The van der Waals surface area contributed by atoms with E-state index in [1.54, 1.807) is 0 Å². The van der Waals surface area contributed by atoms with Gasteiger partial charge in [0.25, 0.3) is 0 Å². The fourth-order valence-electron chi connectivity index (χ4n) is 2.62. The van der Waals surface area contributed by atoms with Crippen LogP contribution in [0.4, 0.5) is 0 Å². The van der Waals surface area contributed by atoms with E-state index < -0.39 is 0 Å². The van der Waals surface area contributed by atoms with Crippen LogP contribution in [0, 0.1) is 0 Å². The highest BCUT2D eigenvalue weighted by Crippen LogP contribution is 2.29. The van der Waals surface area contributed by atoms with Crippen LogP contribution in [0.5, 0.6) is 0 Å². The monoisotopic (exact) mass is 213 g/mol. The fraction of sp³-hybridized carbons (Fsp3) is 1.00. The van der Waals surface area contributed by atoms with Crippen molar-refractivity contribution in [2.75, 3.05) is 19.8 Å². The van der Waals surface area contributed by atoms with Crippen LogP contribution in [0.3, 0.4) is 0 Å². The van der Waals surface area contributed by atoms with Gasteiger partial charge in [-0.05, 0) is 25.7 Å². The zero-order chi connectivity index (χ0) is 10.6. The Balaban J connectivity index is 1.93. The third-order valence-electron chi connectivity index (χ3n) is 3.44. The van der Waals surface area contributed by atoms with Crippen LogP contribution in [0.15, 0.2) is 0 Å². The summed E-state index contributed by atoms with van der Waals surface area (Å²) in [6, 6.07) is 0. The van der Waals surface area contributed by atoms with Gasteiger partial charge in [0.1, 0.15) is 5.72 Å². The Morgan fingerprint density at radius 1 is 1.33 bits per heavy atom. The lowest BCUT2D eigenvalue weighted by atomic mass is 9.99. The first kappa shape index (κ1) is 11.4.